The van der Waals surface area contributed by atoms with Crippen LogP contribution in [-0.2, 0) is 11.3 Å². The fraction of sp³-hybridized carbons (Fsp3) is 0.556. The molecule has 6 nitrogen and oxygen atoms in total. The molecule has 0 radical (unpaired) electrons. The van der Waals surface area contributed by atoms with E-state index in [0.29, 0.717) is 6.61 Å². The molecule has 2 aromatic heterocycles. The molecule has 136 valence electrons. The molecule has 1 unspecified atom stereocenters. The van der Waals surface area contributed by atoms with Gasteiger partial charge in [0.05, 0.1) is 24.5 Å². The fourth-order valence-electron chi connectivity index (χ4n) is 3.25. The van der Waals surface area contributed by atoms with E-state index in [1.165, 1.54) is 4.88 Å². The lowest BCUT2D eigenvalue weighted by molar-refractivity contribution is 0.161. The van der Waals surface area contributed by atoms with E-state index in [0.717, 1.165) is 44.7 Å². The summed E-state index contributed by atoms with van der Waals surface area (Å²) < 4.78 is 6.75. The maximum atomic E-state index is 12.6. The molecular weight excluding hydrogens is 336 g/mol. The van der Waals surface area contributed by atoms with Crippen molar-refractivity contribution in [1.82, 2.24) is 14.7 Å². The van der Waals surface area contributed by atoms with Crippen LogP contribution in [0.1, 0.15) is 23.8 Å². The molecule has 0 aliphatic carbocycles. The highest BCUT2D eigenvalue weighted by Crippen LogP contribution is 2.22. The molecule has 7 heteroatoms. The SMILES string of the molecule is COCCN(C)c1cnn(C2CCCN(Cc3cccs3)C2)c(=O)c1. The number of piperidine rings is 1. The topological polar surface area (TPSA) is 50.6 Å². The number of hydrogen-bond donors (Lipinski definition) is 0. The second-order valence-corrected chi connectivity index (χ2v) is 7.55. The van der Waals surface area contributed by atoms with Gasteiger partial charge in [-0.1, -0.05) is 6.07 Å². The summed E-state index contributed by atoms with van der Waals surface area (Å²) in [5.74, 6) is 0. The third kappa shape index (κ3) is 4.68. The highest BCUT2D eigenvalue weighted by Gasteiger charge is 2.23. The van der Waals surface area contributed by atoms with Crippen LogP contribution in [0.25, 0.3) is 0 Å². The molecule has 1 atom stereocenters. The van der Waals surface area contributed by atoms with Crippen LogP contribution in [0, 0.1) is 0 Å². The Hall–Kier alpha value is -1.70. The average molecular weight is 362 g/mol. The Morgan fingerprint density at radius 1 is 1.48 bits per heavy atom. The smallest absolute Gasteiger partial charge is 0.269 e. The Kier molecular flexibility index (Phi) is 6.23. The van der Waals surface area contributed by atoms with Crippen LogP contribution >= 0.6 is 11.3 Å². The Morgan fingerprint density at radius 3 is 3.08 bits per heavy atom. The molecule has 0 spiro atoms. The summed E-state index contributed by atoms with van der Waals surface area (Å²) in [6.07, 6.45) is 3.89. The molecule has 0 bridgehead atoms. The van der Waals surface area contributed by atoms with E-state index < -0.39 is 0 Å². The highest BCUT2D eigenvalue weighted by molar-refractivity contribution is 7.09. The van der Waals surface area contributed by atoms with Gasteiger partial charge in [-0.2, -0.15) is 5.10 Å². The lowest BCUT2D eigenvalue weighted by Gasteiger charge is -2.32. The van der Waals surface area contributed by atoms with Crippen molar-refractivity contribution in [3.63, 3.8) is 0 Å². The van der Waals surface area contributed by atoms with Gasteiger partial charge >= 0.3 is 0 Å². The predicted octanol–water partition coefficient (Wildman–Crippen LogP) is 2.22. The Bertz CT molecular complexity index is 716. The summed E-state index contributed by atoms with van der Waals surface area (Å²) in [4.78, 5) is 18.4. The zero-order valence-electron chi connectivity index (χ0n) is 14.9. The van der Waals surface area contributed by atoms with Gasteiger partial charge in [0, 0.05) is 44.7 Å². The molecular formula is C18H26N4O2S. The van der Waals surface area contributed by atoms with E-state index in [-0.39, 0.29) is 11.6 Å². The predicted molar refractivity (Wildman–Crippen MR) is 102 cm³/mol. The van der Waals surface area contributed by atoms with Gasteiger partial charge in [-0.3, -0.25) is 9.69 Å². The molecule has 3 rings (SSSR count). The van der Waals surface area contributed by atoms with Gasteiger partial charge in [0.15, 0.2) is 0 Å². The standard InChI is InChI=1S/C18H26N4O2S/c1-20(8-9-24-2)16-11-18(23)22(19-12-16)15-5-3-7-21(13-15)14-17-6-4-10-25-17/h4,6,10-12,15H,3,5,7-9,13-14H2,1-2H3. The van der Waals surface area contributed by atoms with Gasteiger partial charge in [-0.25, -0.2) is 4.68 Å². The van der Waals surface area contributed by atoms with Crippen molar-refractivity contribution in [1.29, 1.82) is 0 Å². The summed E-state index contributed by atoms with van der Waals surface area (Å²) in [6, 6.07) is 6.09. The van der Waals surface area contributed by atoms with Gasteiger partial charge in [0.25, 0.3) is 5.56 Å². The first-order valence-electron chi connectivity index (χ1n) is 8.71. The largest absolute Gasteiger partial charge is 0.383 e. The van der Waals surface area contributed by atoms with Crippen molar-refractivity contribution in [2.75, 3.05) is 45.3 Å². The molecule has 1 fully saturated rings. The molecule has 0 aromatic carbocycles. The summed E-state index contributed by atoms with van der Waals surface area (Å²) in [7, 11) is 3.62. The number of likely N-dealkylation sites (N-methyl/N-ethyl adjacent to an activating group) is 1. The van der Waals surface area contributed by atoms with Crippen molar-refractivity contribution < 1.29 is 4.74 Å². The van der Waals surface area contributed by atoms with Crippen LogP contribution in [0.2, 0.25) is 0 Å². The summed E-state index contributed by atoms with van der Waals surface area (Å²) >= 11 is 1.79. The van der Waals surface area contributed by atoms with Crippen LogP contribution in [0.4, 0.5) is 5.69 Å². The van der Waals surface area contributed by atoms with Crippen molar-refractivity contribution in [3.8, 4) is 0 Å². The Labute approximate surface area is 152 Å². The lowest BCUT2D eigenvalue weighted by atomic mass is 10.1. The first-order chi connectivity index (χ1) is 12.2. The van der Waals surface area contributed by atoms with Gasteiger partial charge < -0.3 is 9.64 Å². The van der Waals surface area contributed by atoms with Crippen molar-refractivity contribution >= 4 is 17.0 Å². The maximum absolute atomic E-state index is 12.6. The Balaban J connectivity index is 1.67. The van der Waals surface area contributed by atoms with Crippen LogP contribution < -0.4 is 10.5 Å². The zero-order chi connectivity index (χ0) is 17.6. The maximum Gasteiger partial charge on any atom is 0.269 e. The number of ether oxygens (including phenoxy) is 1. The lowest BCUT2D eigenvalue weighted by Crippen LogP contribution is -2.40. The molecule has 0 saturated carbocycles. The third-order valence-electron chi connectivity index (χ3n) is 4.67. The van der Waals surface area contributed by atoms with E-state index in [4.69, 9.17) is 4.74 Å². The minimum atomic E-state index is -0.0234. The minimum absolute atomic E-state index is 0.0234. The number of thiophene rings is 1. The molecule has 0 N–H and O–H groups in total. The number of hydrogen-bond acceptors (Lipinski definition) is 6. The monoisotopic (exact) mass is 362 g/mol. The van der Waals surface area contributed by atoms with E-state index >= 15 is 0 Å². The second kappa shape index (κ2) is 8.60. The number of methoxy groups -OCH3 is 1. The molecule has 1 aliphatic rings. The van der Waals surface area contributed by atoms with Crippen LogP contribution in [-0.4, -0.2) is 55.1 Å². The molecule has 1 saturated heterocycles. The van der Waals surface area contributed by atoms with Crippen molar-refractivity contribution in [3.05, 3.63) is 45.0 Å². The number of rotatable bonds is 7. The van der Waals surface area contributed by atoms with Gasteiger partial charge in [0.2, 0.25) is 0 Å². The first kappa shape index (κ1) is 18.1. The third-order valence-corrected chi connectivity index (χ3v) is 5.53. The van der Waals surface area contributed by atoms with Gasteiger partial charge in [0.1, 0.15) is 0 Å². The summed E-state index contributed by atoms with van der Waals surface area (Å²) in [5.41, 5.74) is 0.814. The first-order valence-corrected chi connectivity index (χ1v) is 9.59. The Morgan fingerprint density at radius 2 is 2.36 bits per heavy atom. The summed E-state index contributed by atoms with van der Waals surface area (Å²) in [5, 5.41) is 6.57. The van der Waals surface area contributed by atoms with E-state index in [1.807, 2.05) is 11.9 Å². The van der Waals surface area contributed by atoms with Gasteiger partial charge in [-0.05, 0) is 30.8 Å². The minimum Gasteiger partial charge on any atom is -0.383 e. The normalized spacial score (nSPS) is 18.4. The molecule has 3 heterocycles. The summed E-state index contributed by atoms with van der Waals surface area (Å²) in [6.45, 7) is 4.28. The van der Waals surface area contributed by atoms with Gasteiger partial charge in [-0.15, -0.1) is 11.3 Å². The number of nitrogens with zero attached hydrogens (tertiary/aromatic N) is 4. The zero-order valence-corrected chi connectivity index (χ0v) is 15.7. The number of anilines is 1. The van der Waals surface area contributed by atoms with Crippen molar-refractivity contribution in [2.24, 2.45) is 0 Å². The van der Waals surface area contributed by atoms with E-state index in [9.17, 15) is 4.79 Å². The van der Waals surface area contributed by atoms with Crippen LogP contribution in [0.15, 0.2) is 34.6 Å². The average Bonchev–Trinajstić information content (AvgIpc) is 3.12. The molecule has 0 amide bonds. The van der Waals surface area contributed by atoms with E-state index in [1.54, 1.807) is 35.4 Å². The fourth-order valence-corrected chi connectivity index (χ4v) is 3.99. The molecule has 25 heavy (non-hydrogen) atoms. The second-order valence-electron chi connectivity index (χ2n) is 6.52. The number of likely N-dealkylation sites (tertiary alicyclic amines) is 1. The van der Waals surface area contributed by atoms with Crippen LogP contribution in [0.5, 0.6) is 0 Å². The molecule has 2 aromatic rings. The van der Waals surface area contributed by atoms with Crippen molar-refractivity contribution in [2.45, 2.75) is 25.4 Å². The molecule has 1 aliphatic heterocycles. The highest BCUT2D eigenvalue weighted by atomic mass is 32.1. The number of aromatic nitrogens is 2. The van der Waals surface area contributed by atoms with E-state index in [2.05, 4.69) is 27.5 Å². The quantitative estimate of drug-likeness (QED) is 0.756. The van der Waals surface area contributed by atoms with Crippen LogP contribution in [0.3, 0.4) is 0 Å².